The number of nitrogens with zero attached hydrogens (tertiary/aromatic N) is 2. The first-order valence-electron chi connectivity index (χ1n) is 7.30. The lowest BCUT2D eigenvalue weighted by atomic mass is 9.63. The van der Waals surface area contributed by atoms with Crippen molar-refractivity contribution in [2.24, 2.45) is 4.99 Å². The van der Waals surface area contributed by atoms with Gasteiger partial charge in [-0.1, -0.05) is 12.1 Å². The summed E-state index contributed by atoms with van der Waals surface area (Å²) in [5.41, 5.74) is 4.80. The van der Waals surface area contributed by atoms with Crippen molar-refractivity contribution in [3.05, 3.63) is 52.3 Å². The fourth-order valence-electron chi connectivity index (χ4n) is 4.01. The van der Waals surface area contributed by atoms with E-state index in [2.05, 4.69) is 24.1 Å². The molecule has 2 aliphatic carbocycles. The van der Waals surface area contributed by atoms with Gasteiger partial charge in [-0.15, -0.1) is 0 Å². The number of methoxy groups -OCH3 is 1. The molecule has 0 spiro atoms. The van der Waals surface area contributed by atoms with Crippen LogP contribution >= 0.6 is 0 Å². The molecule has 2 atom stereocenters. The monoisotopic (exact) mass is 292 g/mol. The average Bonchev–Trinajstić information content (AvgIpc) is 2.86. The van der Waals surface area contributed by atoms with Crippen LogP contribution in [-0.2, 0) is 16.6 Å². The van der Waals surface area contributed by atoms with Crippen molar-refractivity contribution in [1.29, 1.82) is 5.26 Å². The van der Waals surface area contributed by atoms with Crippen molar-refractivity contribution in [1.82, 2.24) is 0 Å². The van der Waals surface area contributed by atoms with Gasteiger partial charge in [0.05, 0.1) is 18.1 Å². The second-order valence-corrected chi connectivity index (χ2v) is 5.99. The predicted molar refractivity (Wildman–Crippen MR) is 83.2 cm³/mol. The molecule has 2 unspecified atom stereocenters. The lowest BCUT2D eigenvalue weighted by Crippen LogP contribution is -2.46. The van der Waals surface area contributed by atoms with E-state index in [0.29, 0.717) is 11.3 Å². The molecular formula is C18H16N2O2. The van der Waals surface area contributed by atoms with E-state index in [-0.39, 0.29) is 11.5 Å². The highest BCUT2D eigenvalue weighted by Crippen LogP contribution is 2.56. The van der Waals surface area contributed by atoms with Gasteiger partial charge in [0.25, 0.3) is 0 Å². The molecule has 0 N–H and O–H groups in total. The Balaban J connectivity index is 2.08. The molecule has 0 amide bonds. The number of aliphatic imine (C=N–C) groups is 1. The second kappa shape index (κ2) is 4.23. The minimum Gasteiger partial charge on any atom is -0.497 e. The van der Waals surface area contributed by atoms with Crippen LogP contribution in [-0.4, -0.2) is 26.0 Å². The highest BCUT2D eigenvalue weighted by Gasteiger charge is 2.56. The van der Waals surface area contributed by atoms with E-state index in [1.54, 1.807) is 7.11 Å². The lowest BCUT2D eigenvalue weighted by Gasteiger charge is -2.40. The zero-order chi connectivity index (χ0) is 15.5. The standard InChI is InChI=1S/C18H16N2O2/c1-18-12-6-7-14(21-3)17(18)22-16-11(9-19)5-4-10(15(16)18)8-13(12)20-2/h4-7,17H,8H2,1-3H3/b20-13-. The van der Waals surface area contributed by atoms with Gasteiger partial charge in [-0.05, 0) is 30.2 Å². The normalized spacial score (nSPS) is 29.2. The molecule has 1 heterocycles. The molecule has 110 valence electrons. The van der Waals surface area contributed by atoms with Crippen LogP contribution in [0.3, 0.4) is 0 Å². The number of nitriles is 1. The molecule has 0 fully saturated rings. The van der Waals surface area contributed by atoms with Crippen LogP contribution in [0.2, 0.25) is 0 Å². The van der Waals surface area contributed by atoms with Crippen LogP contribution in [0, 0.1) is 11.3 Å². The van der Waals surface area contributed by atoms with Crippen molar-refractivity contribution in [2.45, 2.75) is 24.9 Å². The molecule has 0 saturated heterocycles. The Morgan fingerprint density at radius 2 is 2.23 bits per heavy atom. The van der Waals surface area contributed by atoms with Gasteiger partial charge in [0.1, 0.15) is 17.6 Å². The molecule has 1 aliphatic heterocycles. The highest BCUT2D eigenvalue weighted by atomic mass is 16.5. The van der Waals surface area contributed by atoms with Gasteiger partial charge in [0, 0.05) is 24.7 Å². The van der Waals surface area contributed by atoms with E-state index < -0.39 is 0 Å². The van der Waals surface area contributed by atoms with Crippen LogP contribution in [0.15, 0.2) is 40.6 Å². The Labute approximate surface area is 129 Å². The van der Waals surface area contributed by atoms with Crippen molar-refractivity contribution in [3.63, 3.8) is 0 Å². The Hall–Kier alpha value is -2.54. The molecule has 1 aromatic rings. The fraction of sp³-hybridized carbons (Fsp3) is 0.333. The molecule has 4 heteroatoms. The quantitative estimate of drug-likeness (QED) is 0.799. The Morgan fingerprint density at radius 3 is 2.91 bits per heavy atom. The summed E-state index contributed by atoms with van der Waals surface area (Å²) in [4.78, 5) is 4.48. The van der Waals surface area contributed by atoms with E-state index in [4.69, 9.17) is 9.47 Å². The molecule has 3 aliphatic rings. The number of hydrogen-bond acceptors (Lipinski definition) is 4. The van der Waals surface area contributed by atoms with Crippen LogP contribution in [0.1, 0.15) is 23.6 Å². The number of hydrogen-bond donors (Lipinski definition) is 0. The highest BCUT2D eigenvalue weighted by molar-refractivity contribution is 6.07. The summed E-state index contributed by atoms with van der Waals surface area (Å²) in [5, 5.41) is 9.40. The van der Waals surface area contributed by atoms with Gasteiger partial charge in [-0.2, -0.15) is 5.26 Å². The van der Waals surface area contributed by atoms with E-state index in [9.17, 15) is 5.26 Å². The van der Waals surface area contributed by atoms with Crippen molar-refractivity contribution >= 4 is 5.71 Å². The topological polar surface area (TPSA) is 54.6 Å². The maximum absolute atomic E-state index is 9.40. The molecule has 0 radical (unpaired) electrons. The van der Waals surface area contributed by atoms with Gasteiger partial charge in [0.15, 0.2) is 6.10 Å². The third-order valence-corrected chi connectivity index (χ3v) is 5.05. The van der Waals surface area contributed by atoms with Gasteiger partial charge in [0.2, 0.25) is 0 Å². The molecule has 0 bridgehead atoms. The molecule has 4 rings (SSSR count). The third kappa shape index (κ3) is 1.34. The Morgan fingerprint density at radius 1 is 1.41 bits per heavy atom. The summed E-state index contributed by atoms with van der Waals surface area (Å²) in [5.74, 6) is 1.49. The summed E-state index contributed by atoms with van der Waals surface area (Å²) in [6, 6.07) is 6.11. The second-order valence-electron chi connectivity index (χ2n) is 5.99. The fourth-order valence-corrected chi connectivity index (χ4v) is 4.01. The van der Waals surface area contributed by atoms with Crippen molar-refractivity contribution in [3.8, 4) is 11.8 Å². The zero-order valence-electron chi connectivity index (χ0n) is 12.8. The number of rotatable bonds is 1. The first-order valence-corrected chi connectivity index (χ1v) is 7.30. The van der Waals surface area contributed by atoms with E-state index in [1.807, 2.05) is 25.3 Å². The minimum absolute atomic E-state index is 0.238. The minimum atomic E-state index is -0.343. The van der Waals surface area contributed by atoms with Crippen molar-refractivity contribution in [2.75, 3.05) is 14.2 Å². The molecule has 4 nitrogen and oxygen atoms in total. The predicted octanol–water partition coefficient (Wildman–Crippen LogP) is 2.67. The summed E-state index contributed by atoms with van der Waals surface area (Å²) < 4.78 is 11.7. The maximum Gasteiger partial charge on any atom is 0.169 e. The maximum atomic E-state index is 9.40. The Kier molecular flexibility index (Phi) is 2.53. The van der Waals surface area contributed by atoms with Crippen LogP contribution in [0.4, 0.5) is 0 Å². The van der Waals surface area contributed by atoms with Crippen LogP contribution in [0.5, 0.6) is 5.75 Å². The van der Waals surface area contributed by atoms with Gasteiger partial charge >= 0.3 is 0 Å². The molecule has 0 saturated carbocycles. The number of benzene rings is 1. The molecular weight excluding hydrogens is 276 g/mol. The van der Waals surface area contributed by atoms with Gasteiger partial charge < -0.3 is 9.47 Å². The first-order chi connectivity index (χ1) is 10.6. The van der Waals surface area contributed by atoms with Gasteiger partial charge in [-0.25, -0.2) is 0 Å². The van der Waals surface area contributed by atoms with E-state index in [0.717, 1.165) is 23.5 Å². The SMILES string of the molecule is C/N=C1/Cc2ccc(C#N)c3c2C2(C)C1=CC=C(OC)C2O3. The third-order valence-electron chi connectivity index (χ3n) is 5.05. The smallest absolute Gasteiger partial charge is 0.169 e. The van der Waals surface area contributed by atoms with Crippen LogP contribution < -0.4 is 4.74 Å². The molecule has 1 aromatic carbocycles. The van der Waals surface area contributed by atoms with E-state index >= 15 is 0 Å². The van der Waals surface area contributed by atoms with Crippen LogP contribution in [0.25, 0.3) is 0 Å². The summed E-state index contributed by atoms with van der Waals surface area (Å²) in [6.07, 6.45) is 4.57. The number of allylic oxidation sites excluding steroid dienone is 2. The van der Waals surface area contributed by atoms with Gasteiger partial charge in [-0.3, -0.25) is 4.99 Å². The molecule has 22 heavy (non-hydrogen) atoms. The summed E-state index contributed by atoms with van der Waals surface area (Å²) in [6.45, 7) is 2.16. The summed E-state index contributed by atoms with van der Waals surface area (Å²) in [7, 11) is 3.49. The molecule has 0 aromatic heterocycles. The number of ether oxygens (including phenoxy) is 2. The Bertz CT molecular complexity index is 826. The summed E-state index contributed by atoms with van der Waals surface area (Å²) >= 11 is 0. The first kappa shape index (κ1) is 13.1. The van der Waals surface area contributed by atoms with E-state index in [1.165, 1.54) is 11.1 Å². The van der Waals surface area contributed by atoms with Crippen molar-refractivity contribution < 1.29 is 9.47 Å². The zero-order valence-corrected chi connectivity index (χ0v) is 12.8. The largest absolute Gasteiger partial charge is 0.497 e. The average molecular weight is 292 g/mol. The lowest BCUT2D eigenvalue weighted by molar-refractivity contribution is 0.126.